The van der Waals surface area contributed by atoms with E-state index in [0.29, 0.717) is 56.7 Å². The highest BCUT2D eigenvalue weighted by molar-refractivity contribution is 6.41. The fourth-order valence-electron chi connectivity index (χ4n) is 5.06. The van der Waals surface area contributed by atoms with Crippen LogP contribution >= 0.6 is 34.8 Å². The highest BCUT2D eigenvalue weighted by Gasteiger charge is 2.30. The van der Waals surface area contributed by atoms with E-state index >= 15 is 0 Å². The number of nitrogens with one attached hydrogen (secondary N) is 2. The van der Waals surface area contributed by atoms with Gasteiger partial charge in [-0.3, -0.25) is 9.36 Å². The van der Waals surface area contributed by atoms with Gasteiger partial charge in [0.25, 0.3) is 0 Å². The SMILES string of the molecule is NC(=O)C1CCC(n2c(Nc3c(Cl)cc(Cl)cc3Cl)nc3cnc(N[C@H]4CCC[C@@H]4O)nc32)CC1. The summed E-state index contributed by atoms with van der Waals surface area (Å²) in [6, 6.07) is 3.16. The number of amides is 1. The molecule has 9 nitrogen and oxygen atoms in total. The number of fused-ring (bicyclic) bond motifs is 1. The Morgan fingerprint density at radius 3 is 2.40 bits per heavy atom. The van der Waals surface area contributed by atoms with Crippen LogP contribution in [0.15, 0.2) is 18.3 Å². The second kappa shape index (κ2) is 9.97. The van der Waals surface area contributed by atoms with E-state index in [4.69, 9.17) is 50.5 Å². The molecule has 5 N–H and O–H groups in total. The third-order valence-corrected chi connectivity index (χ3v) is 7.75. The summed E-state index contributed by atoms with van der Waals surface area (Å²) in [5.41, 5.74) is 7.28. The number of carbonyl (C=O) groups excluding carboxylic acids is 1. The van der Waals surface area contributed by atoms with Crippen LogP contribution in [0.25, 0.3) is 11.2 Å². The van der Waals surface area contributed by atoms with Crippen LogP contribution in [-0.2, 0) is 4.79 Å². The van der Waals surface area contributed by atoms with Crippen LogP contribution in [0.5, 0.6) is 0 Å². The van der Waals surface area contributed by atoms with Crippen molar-refractivity contribution in [2.24, 2.45) is 11.7 Å². The first-order chi connectivity index (χ1) is 16.8. The predicted octanol–water partition coefficient (Wildman–Crippen LogP) is 5.07. The van der Waals surface area contributed by atoms with Gasteiger partial charge in [-0.1, -0.05) is 34.8 Å². The smallest absolute Gasteiger partial charge is 0.225 e. The summed E-state index contributed by atoms with van der Waals surface area (Å²) < 4.78 is 2.02. The molecule has 2 aliphatic carbocycles. The Morgan fingerprint density at radius 2 is 1.77 bits per heavy atom. The Bertz CT molecular complexity index is 1240. The van der Waals surface area contributed by atoms with E-state index in [1.54, 1.807) is 18.3 Å². The maximum absolute atomic E-state index is 11.7. The standard InChI is InChI=1S/C23H26Cl3N7O2/c24-12-8-14(25)19(15(26)9-12)31-23-30-17-10-28-22(29-16-2-1-3-18(16)34)32-21(17)33(23)13-6-4-11(5-7-13)20(27)35/h8-11,13,16,18,34H,1-7H2,(H2,27,35)(H,30,31)(H,28,29,32)/t11?,13?,16-,18-/m0/s1. The second-order valence-corrected chi connectivity index (χ2v) is 10.5. The molecule has 2 saturated carbocycles. The number of benzene rings is 1. The van der Waals surface area contributed by atoms with Crippen LogP contribution in [0.2, 0.25) is 15.1 Å². The van der Waals surface area contributed by atoms with Gasteiger partial charge < -0.3 is 21.5 Å². The molecule has 5 rings (SSSR count). The molecule has 35 heavy (non-hydrogen) atoms. The van der Waals surface area contributed by atoms with E-state index in [2.05, 4.69) is 15.6 Å². The van der Waals surface area contributed by atoms with Crippen LogP contribution in [0, 0.1) is 5.92 Å². The van der Waals surface area contributed by atoms with Gasteiger partial charge in [-0.2, -0.15) is 4.98 Å². The Kier molecular flexibility index (Phi) is 6.94. The van der Waals surface area contributed by atoms with Crippen molar-refractivity contribution in [1.29, 1.82) is 0 Å². The second-order valence-electron chi connectivity index (χ2n) is 9.23. The van der Waals surface area contributed by atoms with Gasteiger partial charge in [0.2, 0.25) is 17.8 Å². The lowest BCUT2D eigenvalue weighted by molar-refractivity contribution is -0.122. The highest BCUT2D eigenvalue weighted by Crippen LogP contribution is 2.40. The number of halogens is 3. The first-order valence-electron chi connectivity index (χ1n) is 11.7. The Morgan fingerprint density at radius 1 is 1.06 bits per heavy atom. The molecule has 2 heterocycles. The lowest BCUT2D eigenvalue weighted by Gasteiger charge is -2.29. The van der Waals surface area contributed by atoms with Crippen molar-refractivity contribution in [2.45, 2.75) is 63.1 Å². The van der Waals surface area contributed by atoms with Crippen molar-refractivity contribution in [3.8, 4) is 0 Å². The normalized spacial score (nSPS) is 24.6. The minimum atomic E-state index is -0.422. The van der Waals surface area contributed by atoms with Crippen LogP contribution in [0.4, 0.5) is 17.6 Å². The number of imidazole rings is 1. The molecular formula is C23H26Cl3N7O2. The average molecular weight is 539 g/mol. The third kappa shape index (κ3) is 5.00. The van der Waals surface area contributed by atoms with Gasteiger partial charge in [0.05, 0.1) is 34.1 Å². The van der Waals surface area contributed by atoms with Crippen molar-refractivity contribution in [3.05, 3.63) is 33.4 Å². The van der Waals surface area contributed by atoms with E-state index in [0.717, 1.165) is 32.1 Å². The van der Waals surface area contributed by atoms with Crippen LogP contribution < -0.4 is 16.4 Å². The van der Waals surface area contributed by atoms with Crippen molar-refractivity contribution < 1.29 is 9.90 Å². The number of anilines is 3. The highest BCUT2D eigenvalue weighted by atomic mass is 35.5. The molecule has 3 aromatic rings. The fourth-order valence-corrected chi connectivity index (χ4v) is 5.97. The number of nitrogens with two attached hydrogens (primary N) is 1. The van der Waals surface area contributed by atoms with E-state index in [-0.39, 0.29) is 23.9 Å². The summed E-state index contributed by atoms with van der Waals surface area (Å²) in [7, 11) is 0. The molecule has 0 unspecified atom stereocenters. The largest absolute Gasteiger partial charge is 0.391 e. The number of hydrogen-bond donors (Lipinski definition) is 4. The number of hydrogen-bond acceptors (Lipinski definition) is 7. The molecule has 186 valence electrons. The van der Waals surface area contributed by atoms with Crippen molar-refractivity contribution in [2.75, 3.05) is 10.6 Å². The molecule has 0 radical (unpaired) electrons. The molecule has 2 aliphatic rings. The monoisotopic (exact) mass is 537 g/mol. The number of rotatable bonds is 6. The van der Waals surface area contributed by atoms with Crippen molar-refractivity contribution in [3.63, 3.8) is 0 Å². The number of aromatic nitrogens is 4. The number of carbonyl (C=O) groups is 1. The van der Waals surface area contributed by atoms with E-state index in [1.165, 1.54) is 0 Å². The van der Waals surface area contributed by atoms with Gasteiger partial charge in [-0.25, -0.2) is 9.97 Å². The molecule has 1 aromatic carbocycles. The van der Waals surface area contributed by atoms with Crippen LogP contribution in [0.1, 0.15) is 51.0 Å². The van der Waals surface area contributed by atoms with E-state index in [1.807, 2.05) is 4.57 Å². The molecule has 0 saturated heterocycles. The molecule has 2 aromatic heterocycles. The number of aliphatic hydroxyl groups excluding tert-OH is 1. The Hall–Kier alpha value is -2.33. The number of nitrogens with zero attached hydrogens (tertiary/aromatic N) is 4. The van der Waals surface area contributed by atoms with Crippen molar-refractivity contribution in [1.82, 2.24) is 19.5 Å². The lowest BCUT2D eigenvalue weighted by atomic mass is 9.85. The summed E-state index contributed by atoms with van der Waals surface area (Å²) in [6.07, 6.45) is 6.67. The quantitative estimate of drug-likeness (QED) is 0.344. The van der Waals surface area contributed by atoms with Gasteiger partial charge in [-0.05, 0) is 57.1 Å². The van der Waals surface area contributed by atoms with Gasteiger partial charge in [-0.15, -0.1) is 0 Å². The molecular weight excluding hydrogens is 513 g/mol. The van der Waals surface area contributed by atoms with Crippen molar-refractivity contribution >= 4 is 69.5 Å². The lowest BCUT2D eigenvalue weighted by Crippen LogP contribution is -2.29. The number of aliphatic hydroxyl groups is 1. The molecule has 0 spiro atoms. The van der Waals surface area contributed by atoms with E-state index < -0.39 is 6.10 Å². The molecule has 2 fully saturated rings. The van der Waals surface area contributed by atoms with Gasteiger partial charge in [0.15, 0.2) is 5.65 Å². The fraction of sp³-hybridized carbons (Fsp3) is 0.478. The zero-order valence-corrected chi connectivity index (χ0v) is 21.1. The minimum absolute atomic E-state index is 0.0303. The maximum atomic E-state index is 11.7. The third-order valence-electron chi connectivity index (χ3n) is 6.93. The molecule has 2 atom stereocenters. The summed E-state index contributed by atoms with van der Waals surface area (Å²) >= 11 is 18.9. The molecule has 1 amide bonds. The zero-order valence-electron chi connectivity index (χ0n) is 18.8. The van der Waals surface area contributed by atoms with Gasteiger partial charge in [0.1, 0.15) is 5.52 Å². The minimum Gasteiger partial charge on any atom is -0.391 e. The van der Waals surface area contributed by atoms with Gasteiger partial charge in [0, 0.05) is 17.0 Å². The van der Waals surface area contributed by atoms with Gasteiger partial charge >= 0.3 is 0 Å². The average Bonchev–Trinajstić information content (AvgIpc) is 3.38. The summed E-state index contributed by atoms with van der Waals surface area (Å²) in [5.74, 6) is 0.555. The maximum Gasteiger partial charge on any atom is 0.225 e. The molecule has 0 bridgehead atoms. The number of primary amides is 1. The predicted molar refractivity (Wildman–Crippen MR) is 138 cm³/mol. The Balaban J connectivity index is 1.54. The Labute approximate surface area is 217 Å². The topological polar surface area (TPSA) is 131 Å². The first kappa shape index (κ1) is 24.4. The molecule has 12 heteroatoms. The molecule has 0 aliphatic heterocycles. The summed E-state index contributed by atoms with van der Waals surface area (Å²) in [6.45, 7) is 0. The van der Waals surface area contributed by atoms with E-state index in [9.17, 15) is 9.90 Å². The zero-order chi connectivity index (χ0) is 24.7. The van der Waals surface area contributed by atoms with Crippen LogP contribution in [-0.4, -0.2) is 42.7 Å². The van der Waals surface area contributed by atoms with Crippen LogP contribution in [0.3, 0.4) is 0 Å². The first-order valence-corrected chi connectivity index (χ1v) is 12.8. The summed E-state index contributed by atoms with van der Waals surface area (Å²) in [5, 5.41) is 17.9. The summed E-state index contributed by atoms with van der Waals surface area (Å²) in [4.78, 5) is 25.6.